The molecule has 6 heteroatoms. The third-order valence-electron chi connectivity index (χ3n) is 7.42. The Kier molecular flexibility index (Phi) is 4.57. The fourth-order valence-corrected chi connectivity index (χ4v) is 5.94. The Bertz CT molecular complexity index is 1160. The average Bonchev–Trinajstić information content (AvgIpc) is 2.75. The number of phenolic OH excluding ortho intramolecular Hbond substituents is 1. The van der Waals surface area contributed by atoms with Crippen LogP contribution >= 0.6 is 0 Å². The van der Waals surface area contributed by atoms with Gasteiger partial charge in [-0.15, -0.1) is 10.2 Å². The molecule has 0 amide bonds. The monoisotopic (exact) mass is 418 g/mol. The van der Waals surface area contributed by atoms with E-state index < -0.39 is 6.17 Å². The maximum atomic E-state index is 15.6. The molecular formula is C25H27FN4O. The molecule has 2 heterocycles. The fraction of sp³-hybridized carbons (Fsp3) is 0.440. The van der Waals surface area contributed by atoms with E-state index >= 15 is 4.39 Å². The molecule has 2 aromatic heterocycles. The van der Waals surface area contributed by atoms with Crippen molar-refractivity contribution >= 4 is 16.3 Å². The Morgan fingerprint density at radius 1 is 1.16 bits per heavy atom. The standard InChI is InChI=1S/C25H27FN4O/c1-15(19-11-24(2)6-4-7-25(3,14-24)22(19)26)23-28-13-20(29-30-23)18-9-16-5-8-27-12-17(16)10-21(18)31/h5,8-10,12-13,19,22,31H,1,4,6-7,11,14H2,2-3H3/t19-,22-,24+,25+/m0/s1. The molecule has 2 bridgehead atoms. The van der Waals surface area contributed by atoms with Crippen LogP contribution in [0.15, 0.2) is 43.4 Å². The summed E-state index contributed by atoms with van der Waals surface area (Å²) in [5, 5.41) is 20.8. The van der Waals surface area contributed by atoms with E-state index in [1.165, 1.54) is 0 Å². The number of hydrogen-bond donors (Lipinski definition) is 1. The van der Waals surface area contributed by atoms with Crippen LogP contribution in [0.3, 0.4) is 0 Å². The maximum absolute atomic E-state index is 15.6. The number of rotatable bonds is 3. The number of allylic oxidation sites excluding steroid dienone is 1. The zero-order valence-corrected chi connectivity index (χ0v) is 18.0. The minimum absolute atomic E-state index is 0.0907. The van der Waals surface area contributed by atoms with Crippen molar-refractivity contribution < 1.29 is 9.50 Å². The first kappa shape index (κ1) is 20.0. The molecule has 2 aliphatic carbocycles. The van der Waals surface area contributed by atoms with E-state index in [1.54, 1.807) is 24.7 Å². The van der Waals surface area contributed by atoms with Crippen molar-refractivity contribution in [3.63, 3.8) is 0 Å². The van der Waals surface area contributed by atoms with Gasteiger partial charge in [-0.1, -0.05) is 26.8 Å². The first-order valence-electron chi connectivity index (χ1n) is 10.9. The molecule has 0 saturated heterocycles. The summed E-state index contributed by atoms with van der Waals surface area (Å²) in [5.74, 6) is 0.180. The molecule has 3 aromatic rings. The average molecular weight is 419 g/mol. The van der Waals surface area contributed by atoms with Crippen LogP contribution < -0.4 is 0 Å². The molecule has 4 atom stereocenters. The number of halogens is 1. The van der Waals surface area contributed by atoms with E-state index in [4.69, 9.17) is 0 Å². The van der Waals surface area contributed by atoms with Crippen LogP contribution in [0.25, 0.3) is 27.6 Å². The van der Waals surface area contributed by atoms with Gasteiger partial charge in [0.2, 0.25) is 0 Å². The second kappa shape index (κ2) is 7.08. The topological polar surface area (TPSA) is 71.8 Å². The maximum Gasteiger partial charge on any atom is 0.177 e. The van der Waals surface area contributed by atoms with Crippen molar-refractivity contribution in [2.45, 2.75) is 52.1 Å². The Balaban J connectivity index is 1.44. The van der Waals surface area contributed by atoms with E-state index in [2.05, 4.69) is 40.6 Å². The highest BCUT2D eigenvalue weighted by molar-refractivity contribution is 5.89. The zero-order valence-electron chi connectivity index (χ0n) is 18.0. The van der Waals surface area contributed by atoms with Gasteiger partial charge < -0.3 is 5.11 Å². The fourth-order valence-electron chi connectivity index (χ4n) is 5.94. The highest BCUT2D eigenvalue weighted by Gasteiger charge is 2.53. The molecule has 0 unspecified atom stereocenters. The zero-order chi connectivity index (χ0) is 21.8. The van der Waals surface area contributed by atoms with Gasteiger partial charge in [-0.3, -0.25) is 4.98 Å². The Morgan fingerprint density at radius 3 is 2.77 bits per heavy atom. The minimum atomic E-state index is -0.949. The molecular weight excluding hydrogens is 391 g/mol. The van der Waals surface area contributed by atoms with Gasteiger partial charge in [0, 0.05) is 29.3 Å². The van der Waals surface area contributed by atoms with E-state index in [0.29, 0.717) is 22.7 Å². The largest absolute Gasteiger partial charge is 0.507 e. The molecule has 160 valence electrons. The summed E-state index contributed by atoms with van der Waals surface area (Å²) in [6.07, 6.45) is 8.87. The molecule has 1 aromatic carbocycles. The van der Waals surface area contributed by atoms with Crippen LogP contribution in [0, 0.1) is 16.7 Å². The summed E-state index contributed by atoms with van der Waals surface area (Å²) < 4.78 is 15.6. The number of phenols is 1. The van der Waals surface area contributed by atoms with Crippen molar-refractivity contribution in [3.8, 4) is 17.0 Å². The number of fused-ring (bicyclic) bond motifs is 3. The Hall–Kier alpha value is -2.89. The summed E-state index contributed by atoms with van der Waals surface area (Å²) in [7, 11) is 0. The molecule has 0 radical (unpaired) electrons. The van der Waals surface area contributed by atoms with Gasteiger partial charge in [-0.2, -0.15) is 0 Å². The number of nitrogens with zero attached hydrogens (tertiary/aromatic N) is 4. The van der Waals surface area contributed by atoms with Crippen molar-refractivity contribution in [3.05, 3.63) is 49.2 Å². The second-order valence-electron chi connectivity index (χ2n) is 9.99. The van der Waals surface area contributed by atoms with E-state index in [-0.39, 0.29) is 22.5 Å². The van der Waals surface area contributed by atoms with Crippen LogP contribution in [0.4, 0.5) is 4.39 Å². The predicted molar refractivity (Wildman–Crippen MR) is 119 cm³/mol. The van der Waals surface area contributed by atoms with E-state index in [9.17, 15) is 5.11 Å². The second-order valence-corrected chi connectivity index (χ2v) is 9.99. The number of alkyl halides is 1. The molecule has 2 aliphatic rings. The van der Waals surface area contributed by atoms with Gasteiger partial charge in [0.15, 0.2) is 5.82 Å². The molecule has 0 spiro atoms. The molecule has 5 rings (SSSR count). The summed E-state index contributed by atoms with van der Waals surface area (Å²) in [6.45, 7) is 8.54. The molecule has 0 aliphatic heterocycles. The van der Waals surface area contributed by atoms with Gasteiger partial charge in [0.25, 0.3) is 0 Å². The van der Waals surface area contributed by atoms with Gasteiger partial charge in [0.1, 0.15) is 17.6 Å². The number of aromatic hydroxyl groups is 1. The van der Waals surface area contributed by atoms with Crippen molar-refractivity contribution in [2.24, 2.45) is 16.7 Å². The number of hydrogen-bond acceptors (Lipinski definition) is 5. The van der Waals surface area contributed by atoms with Crippen molar-refractivity contribution in [2.75, 3.05) is 0 Å². The van der Waals surface area contributed by atoms with E-state index in [1.807, 2.05) is 12.1 Å². The SMILES string of the molecule is C=C(c1ncc(-c2cc3ccncc3cc2O)nn1)[C@@H]1C[C@@]2(C)CCC[C@](C)(C2)[C@H]1F. The number of benzene rings is 1. The highest BCUT2D eigenvalue weighted by Crippen LogP contribution is 2.59. The van der Waals surface area contributed by atoms with Crippen molar-refractivity contribution in [1.82, 2.24) is 20.2 Å². The highest BCUT2D eigenvalue weighted by atomic mass is 19.1. The van der Waals surface area contributed by atoms with Crippen LogP contribution in [0.5, 0.6) is 5.75 Å². The number of pyridine rings is 1. The lowest BCUT2D eigenvalue weighted by molar-refractivity contribution is -0.0620. The smallest absolute Gasteiger partial charge is 0.177 e. The Morgan fingerprint density at radius 2 is 2.00 bits per heavy atom. The summed E-state index contributed by atoms with van der Waals surface area (Å²) >= 11 is 0. The number of aromatic nitrogens is 4. The lowest BCUT2D eigenvalue weighted by atomic mass is 9.52. The van der Waals surface area contributed by atoms with Crippen LogP contribution in [-0.4, -0.2) is 31.4 Å². The van der Waals surface area contributed by atoms with Crippen LogP contribution in [-0.2, 0) is 0 Å². The predicted octanol–water partition coefficient (Wildman–Crippen LogP) is 5.75. The quantitative estimate of drug-likeness (QED) is 0.586. The van der Waals surface area contributed by atoms with Gasteiger partial charge in [0.05, 0.1) is 6.20 Å². The lowest BCUT2D eigenvalue weighted by Crippen LogP contribution is -2.49. The summed E-state index contributed by atoms with van der Waals surface area (Å²) in [4.78, 5) is 8.54. The van der Waals surface area contributed by atoms with Gasteiger partial charge >= 0.3 is 0 Å². The summed E-state index contributed by atoms with van der Waals surface area (Å²) in [5.41, 5.74) is 1.47. The molecule has 5 nitrogen and oxygen atoms in total. The van der Waals surface area contributed by atoms with Gasteiger partial charge in [-0.25, -0.2) is 9.37 Å². The van der Waals surface area contributed by atoms with Crippen LogP contribution in [0.1, 0.15) is 51.8 Å². The molecule has 2 saturated carbocycles. The summed E-state index contributed by atoms with van der Waals surface area (Å²) in [6, 6.07) is 5.37. The normalized spacial score (nSPS) is 30.3. The first-order chi connectivity index (χ1) is 14.8. The molecule has 1 N–H and O–H groups in total. The Labute approximate surface area is 181 Å². The van der Waals surface area contributed by atoms with E-state index in [0.717, 1.165) is 42.9 Å². The van der Waals surface area contributed by atoms with Crippen molar-refractivity contribution in [1.29, 1.82) is 0 Å². The minimum Gasteiger partial charge on any atom is -0.507 e. The lowest BCUT2D eigenvalue weighted by Gasteiger charge is -2.54. The van der Waals surface area contributed by atoms with Crippen LogP contribution in [0.2, 0.25) is 0 Å². The molecule has 31 heavy (non-hydrogen) atoms. The van der Waals surface area contributed by atoms with Gasteiger partial charge in [-0.05, 0) is 65.7 Å². The first-order valence-corrected chi connectivity index (χ1v) is 10.9. The third-order valence-corrected chi connectivity index (χ3v) is 7.42. The third kappa shape index (κ3) is 3.38. The molecule has 2 fully saturated rings.